The second-order valence-corrected chi connectivity index (χ2v) is 8.20. The number of aryl methyl sites for hydroxylation is 1. The zero-order valence-electron chi connectivity index (χ0n) is 17.8. The van der Waals surface area contributed by atoms with Gasteiger partial charge in [0.25, 0.3) is 0 Å². The number of nitrogens with one attached hydrogen (secondary N) is 2. The average Bonchev–Trinajstić information content (AvgIpc) is 3.16. The molecule has 1 heterocycles. The predicted molar refractivity (Wildman–Crippen MR) is 123 cm³/mol. The molecule has 3 aromatic rings. The Bertz CT molecular complexity index is 1020. The second-order valence-electron chi connectivity index (χ2n) is 7.14. The Morgan fingerprint density at radius 1 is 1.06 bits per heavy atom. The van der Waals surface area contributed by atoms with Crippen LogP contribution in [0.4, 0.5) is 4.79 Å². The number of amides is 3. The highest BCUT2D eigenvalue weighted by Gasteiger charge is 2.15. The van der Waals surface area contributed by atoms with E-state index in [4.69, 9.17) is 0 Å². The number of nitrogens with zero attached hydrogens (tertiary/aromatic N) is 3. The lowest BCUT2D eigenvalue weighted by molar-refractivity contribution is -0.119. The SMILES string of the molecule is CCCn1c(SCCC(=O)NC(=O)NCc2ccccc2)nnc1-c1cccc(C)c1. The van der Waals surface area contributed by atoms with Crippen LogP contribution in [0, 0.1) is 6.92 Å². The number of urea groups is 1. The summed E-state index contributed by atoms with van der Waals surface area (Å²) in [4.78, 5) is 24.0. The fourth-order valence-corrected chi connectivity index (χ4v) is 3.97. The summed E-state index contributed by atoms with van der Waals surface area (Å²) in [5.74, 6) is 1.02. The number of benzene rings is 2. The van der Waals surface area contributed by atoms with Gasteiger partial charge in [-0.3, -0.25) is 10.1 Å². The maximum atomic E-state index is 12.1. The number of hydrogen-bond acceptors (Lipinski definition) is 5. The first-order valence-corrected chi connectivity index (χ1v) is 11.3. The van der Waals surface area contributed by atoms with Crippen molar-refractivity contribution in [2.45, 2.75) is 44.9 Å². The molecule has 0 spiro atoms. The molecule has 0 bridgehead atoms. The molecule has 0 aliphatic heterocycles. The summed E-state index contributed by atoms with van der Waals surface area (Å²) in [5.41, 5.74) is 3.17. The van der Waals surface area contributed by atoms with Crippen molar-refractivity contribution in [3.05, 3.63) is 65.7 Å². The average molecular weight is 438 g/mol. The molecule has 3 amide bonds. The fourth-order valence-electron chi connectivity index (χ4n) is 3.06. The highest BCUT2D eigenvalue weighted by Crippen LogP contribution is 2.25. The maximum Gasteiger partial charge on any atom is 0.321 e. The first kappa shape index (κ1) is 22.6. The summed E-state index contributed by atoms with van der Waals surface area (Å²) in [6.45, 7) is 5.33. The molecule has 2 aromatic carbocycles. The molecule has 2 N–H and O–H groups in total. The van der Waals surface area contributed by atoms with Crippen LogP contribution in [-0.4, -0.2) is 32.5 Å². The summed E-state index contributed by atoms with van der Waals surface area (Å²) in [6, 6.07) is 17.2. The molecular weight excluding hydrogens is 410 g/mol. The third kappa shape index (κ3) is 6.68. The van der Waals surface area contributed by atoms with Crippen molar-refractivity contribution in [2.24, 2.45) is 0 Å². The van der Waals surface area contributed by atoms with E-state index in [9.17, 15) is 9.59 Å². The van der Waals surface area contributed by atoms with Crippen LogP contribution in [0.3, 0.4) is 0 Å². The van der Waals surface area contributed by atoms with Crippen LogP contribution in [0.5, 0.6) is 0 Å². The lowest BCUT2D eigenvalue weighted by Crippen LogP contribution is -2.39. The Balaban J connectivity index is 1.50. The van der Waals surface area contributed by atoms with Gasteiger partial charge in [0.05, 0.1) is 0 Å². The maximum absolute atomic E-state index is 12.1. The standard InChI is InChI=1S/C23H27N5O2S/c1-3-13-28-21(19-11-7-8-17(2)15-19)26-27-23(28)31-14-12-20(29)25-22(30)24-16-18-9-5-4-6-10-18/h4-11,15H,3,12-14,16H2,1-2H3,(H2,24,25,29,30). The summed E-state index contributed by atoms with van der Waals surface area (Å²) >= 11 is 1.47. The van der Waals surface area contributed by atoms with Gasteiger partial charge in [-0.15, -0.1) is 10.2 Å². The molecule has 8 heteroatoms. The van der Waals surface area contributed by atoms with E-state index in [1.807, 2.05) is 55.5 Å². The van der Waals surface area contributed by atoms with Gasteiger partial charge in [-0.1, -0.05) is 72.8 Å². The van der Waals surface area contributed by atoms with Crippen LogP contribution in [0.2, 0.25) is 0 Å². The zero-order valence-corrected chi connectivity index (χ0v) is 18.6. The van der Waals surface area contributed by atoms with E-state index in [1.165, 1.54) is 17.3 Å². The number of carbonyl (C=O) groups is 2. The zero-order chi connectivity index (χ0) is 22.1. The minimum absolute atomic E-state index is 0.211. The number of carbonyl (C=O) groups excluding carboxylic acids is 2. The van der Waals surface area contributed by atoms with Gasteiger partial charge < -0.3 is 9.88 Å². The van der Waals surface area contributed by atoms with Crippen molar-refractivity contribution in [2.75, 3.05) is 5.75 Å². The molecule has 0 unspecified atom stereocenters. The van der Waals surface area contributed by atoms with Crippen LogP contribution in [0.25, 0.3) is 11.4 Å². The van der Waals surface area contributed by atoms with E-state index in [0.29, 0.717) is 12.3 Å². The van der Waals surface area contributed by atoms with Gasteiger partial charge in [0, 0.05) is 30.8 Å². The fraction of sp³-hybridized carbons (Fsp3) is 0.304. The molecule has 162 valence electrons. The molecule has 0 aliphatic rings. The summed E-state index contributed by atoms with van der Waals surface area (Å²) in [7, 11) is 0. The van der Waals surface area contributed by atoms with Crippen molar-refractivity contribution in [3.63, 3.8) is 0 Å². The monoisotopic (exact) mass is 437 g/mol. The highest BCUT2D eigenvalue weighted by molar-refractivity contribution is 7.99. The van der Waals surface area contributed by atoms with Gasteiger partial charge in [-0.25, -0.2) is 4.79 Å². The van der Waals surface area contributed by atoms with Crippen LogP contribution < -0.4 is 10.6 Å². The minimum Gasteiger partial charge on any atom is -0.334 e. The van der Waals surface area contributed by atoms with Gasteiger partial charge in [-0.05, 0) is 25.0 Å². The molecule has 0 saturated carbocycles. The Morgan fingerprint density at radius 3 is 2.61 bits per heavy atom. The molecule has 0 saturated heterocycles. The van der Waals surface area contributed by atoms with Gasteiger partial charge >= 0.3 is 6.03 Å². The van der Waals surface area contributed by atoms with E-state index in [-0.39, 0.29) is 12.3 Å². The molecule has 1 aromatic heterocycles. The molecule has 0 radical (unpaired) electrons. The summed E-state index contributed by atoms with van der Waals surface area (Å²) < 4.78 is 2.09. The number of imide groups is 1. The molecule has 0 aliphatic carbocycles. The van der Waals surface area contributed by atoms with Crippen LogP contribution in [-0.2, 0) is 17.9 Å². The molecule has 0 atom stereocenters. The second kappa shape index (κ2) is 11.3. The molecule has 31 heavy (non-hydrogen) atoms. The number of rotatable bonds is 9. The predicted octanol–water partition coefficient (Wildman–Crippen LogP) is 4.17. The van der Waals surface area contributed by atoms with Crippen LogP contribution in [0.15, 0.2) is 59.8 Å². The van der Waals surface area contributed by atoms with E-state index in [0.717, 1.165) is 35.1 Å². The van der Waals surface area contributed by atoms with Crippen LogP contribution >= 0.6 is 11.8 Å². The first-order chi connectivity index (χ1) is 15.1. The Hall–Kier alpha value is -3.13. The van der Waals surface area contributed by atoms with Crippen molar-refractivity contribution in [1.82, 2.24) is 25.4 Å². The van der Waals surface area contributed by atoms with Gasteiger partial charge in [0.1, 0.15) is 0 Å². The Labute approximate surface area is 186 Å². The quantitative estimate of drug-likeness (QED) is 0.491. The summed E-state index contributed by atoms with van der Waals surface area (Å²) in [6.07, 6.45) is 1.16. The van der Waals surface area contributed by atoms with E-state index < -0.39 is 6.03 Å². The van der Waals surface area contributed by atoms with Crippen molar-refractivity contribution in [1.29, 1.82) is 0 Å². The lowest BCUT2D eigenvalue weighted by atomic mass is 10.1. The van der Waals surface area contributed by atoms with Crippen molar-refractivity contribution in [3.8, 4) is 11.4 Å². The summed E-state index contributed by atoms with van der Waals surface area (Å²) in [5, 5.41) is 14.5. The van der Waals surface area contributed by atoms with E-state index in [2.05, 4.69) is 38.4 Å². The normalized spacial score (nSPS) is 10.6. The largest absolute Gasteiger partial charge is 0.334 e. The van der Waals surface area contributed by atoms with Crippen molar-refractivity contribution >= 4 is 23.7 Å². The Morgan fingerprint density at radius 2 is 1.87 bits per heavy atom. The van der Waals surface area contributed by atoms with Crippen LogP contribution in [0.1, 0.15) is 30.9 Å². The Kier molecular flexibility index (Phi) is 8.23. The minimum atomic E-state index is -0.491. The van der Waals surface area contributed by atoms with Gasteiger partial charge in [0.15, 0.2) is 11.0 Å². The highest BCUT2D eigenvalue weighted by atomic mass is 32.2. The van der Waals surface area contributed by atoms with E-state index >= 15 is 0 Å². The topological polar surface area (TPSA) is 88.9 Å². The van der Waals surface area contributed by atoms with E-state index in [1.54, 1.807) is 0 Å². The molecular formula is C23H27N5O2S. The first-order valence-electron chi connectivity index (χ1n) is 10.3. The third-order valence-electron chi connectivity index (χ3n) is 4.55. The molecule has 0 fully saturated rings. The molecule has 7 nitrogen and oxygen atoms in total. The smallest absolute Gasteiger partial charge is 0.321 e. The van der Waals surface area contributed by atoms with Gasteiger partial charge in [0.2, 0.25) is 5.91 Å². The number of aromatic nitrogens is 3. The lowest BCUT2D eigenvalue weighted by Gasteiger charge is -2.09. The number of thioether (sulfide) groups is 1. The van der Waals surface area contributed by atoms with Crippen molar-refractivity contribution < 1.29 is 9.59 Å². The van der Waals surface area contributed by atoms with Gasteiger partial charge in [-0.2, -0.15) is 0 Å². The molecule has 3 rings (SSSR count). The number of hydrogen-bond donors (Lipinski definition) is 2. The third-order valence-corrected chi connectivity index (χ3v) is 5.52.